The van der Waals surface area contributed by atoms with Gasteiger partial charge in [0.15, 0.2) is 5.79 Å². The quantitative estimate of drug-likeness (QED) is 0.894. The highest BCUT2D eigenvalue weighted by molar-refractivity contribution is 5.67. The van der Waals surface area contributed by atoms with Crippen molar-refractivity contribution in [3.8, 4) is 0 Å². The molecule has 1 aromatic carbocycles. The van der Waals surface area contributed by atoms with Crippen molar-refractivity contribution in [3.63, 3.8) is 0 Å². The summed E-state index contributed by atoms with van der Waals surface area (Å²) in [5, 5.41) is 2.79. The van der Waals surface area contributed by atoms with Gasteiger partial charge in [-0.3, -0.25) is 0 Å². The molecule has 1 saturated carbocycles. The van der Waals surface area contributed by atoms with Gasteiger partial charge in [-0.05, 0) is 50.7 Å². The maximum absolute atomic E-state index is 11.7. The van der Waals surface area contributed by atoms with Crippen LogP contribution < -0.4 is 5.32 Å². The van der Waals surface area contributed by atoms with Crippen molar-refractivity contribution in [2.75, 3.05) is 13.2 Å². The molecule has 2 fully saturated rings. The van der Waals surface area contributed by atoms with Gasteiger partial charge < -0.3 is 19.5 Å². The molecular formula is C20H29NO4. The van der Waals surface area contributed by atoms with E-state index in [4.69, 9.17) is 14.2 Å². The van der Waals surface area contributed by atoms with E-state index in [9.17, 15) is 4.79 Å². The van der Waals surface area contributed by atoms with Gasteiger partial charge in [0.2, 0.25) is 0 Å². The number of nitrogens with one attached hydrogen (secondary N) is 1. The van der Waals surface area contributed by atoms with E-state index in [2.05, 4.69) is 29.6 Å². The van der Waals surface area contributed by atoms with Gasteiger partial charge in [0, 0.05) is 19.4 Å². The molecule has 0 aromatic heterocycles. The number of rotatable bonds is 3. The van der Waals surface area contributed by atoms with E-state index in [-0.39, 0.29) is 11.9 Å². The largest absolute Gasteiger partial charge is 0.444 e. The smallest absolute Gasteiger partial charge is 0.407 e. The Bertz CT molecular complexity index is 575. The summed E-state index contributed by atoms with van der Waals surface area (Å²) < 4.78 is 16.8. The predicted molar refractivity (Wildman–Crippen MR) is 95.4 cm³/mol. The Kier molecular flexibility index (Phi) is 5.35. The van der Waals surface area contributed by atoms with E-state index >= 15 is 0 Å². The topological polar surface area (TPSA) is 56.8 Å². The van der Waals surface area contributed by atoms with Gasteiger partial charge in [0.05, 0.1) is 13.2 Å². The first kappa shape index (κ1) is 18.2. The van der Waals surface area contributed by atoms with Crippen LogP contribution in [0.3, 0.4) is 0 Å². The molecule has 138 valence electrons. The highest BCUT2D eigenvalue weighted by atomic mass is 16.7. The summed E-state index contributed by atoms with van der Waals surface area (Å²) in [6, 6.07) is 8.51. The molecule has 0 unspecified atom stereocenters. The van der Waals surface area contributed by atoms with Crippen LogP contribution >= 0.6 is 0 Å². The first-order chi connectivity index (χ1) is 11.9. The molecular weight excluding hydrogens is 318 g/mol. The fourth-order valence-corrected chi connectivity index (χ4v) is 3.57. The third-order valence-corrected chi connectivity index (χ3v) is 4.85. The molecule has 1 N–H and O–H groups in total. The molecule has 1 aliphatic heterocycles. The molecule has 1 spiro atoms. The van der Waals surface area contributed by atoms with Crippen molar-refractivity contribution < 1.29 is 19.0 Å². The first-order valence-corrected chi connectivity index (χ1v) is 9.19. The number of carbonyl (C=O) groups is 1. The van der Waals surface area contributed by atoms with Gasteiger partial charge in [0.25, 0.3) is 0 Å². The van der Waals surface area contributed by atoms with E-state index in [1.54, 1.807) is 0 Å². The Morgan fingerprint density at radius 3 is 2.32 bits per heavy atom. The van der Waals surface area contributed by atoms with E-state index in [0.717, 1.165) is 44.5 Å². The van der Waals surface area contributed by atoms with Crippen molar-refractivity contribution in [2.45, 2.75) is 70.3 Å². The first-order valence-electron chi connectivity index (χ1n) is 9.19. The average Bonchev–Trinajstić information content (AvgIpc) is 3.01. The van der Waals surface area contributed by atoms with Crippen molar-refractivity contribution in [2.24, 2.45) is 0 Å². The number of amides is 1. The molecule has 1 amide bonds. The number of hydrogen-bond donors (Lipinski definition) is 1. The molecule has 0 bridgehead atoms. The Labute approximate surface area is 150 Å². The Morgan fingerprint density at radius 1 is 1.16 bits per heavy atom. The number of benzene rings is 1. The standard InChI is InChI=1S/C20H29NO4/c1-19(2,3)25-18(22)21-14-15-4-6-16(7-5-15)17-8-10-20(11-9-17)23-12-13-24-20/h4-7,17H,8-14H2,1-3H3,(H,21,22). The highest BCUT2D eigenvalue weighted by Crippen LogP contribution is 2.42. The normalized spacial score (nSPS) is 20.6. The molecule has 2 aliphatic rings. The van der Waals surface area contributed by atoms with Crippen molar-refractivity contribution in [3.05, 3.63) is 35.4 Å². The second-order valence-corrected chi connectivity index (χ2v) is 7.98. The number of hydrogen-bond acceptors (Lipinski definition) is 4. The molecule has 1 saturated heterocycles. The van der Waals surface area contributed by atoms with Crippen LogP contribution in [0.25, 0.3) is 0 Å². The van der Waals surface area contributed by atoms with Crippen LogP contribution in [0.2, 0.25) is 0 Å². The summed E-state index contributed by atoms with van der Waals surface area (Å²) in [7, 11) is 0. The minimum Gasteiger partial charge on any atom is -0.444 e. The SMILES string of the molecule is CC(C)(C)OC(=O)NCc1ccc(C2CCC3(CC2)OCCO3)cc1. The zero-order chi connectivity index (χ0) is 17.9. The average molecular weight is 347 g/mol. The second-order valence-electron chi connectivity index (χ2n) is 7.98. The van der Waals surface area contributed by atoms with Crippen molar-refractivity contribution in [1.82, 2.24) is 5.32 Å². The number of carbonyl (C=O) groups excluding carboxylic acids is 1. The summed E-state index contributed by atoms with van der Waals surface area (Å²) in [5.41, 5.74) is 1.96. The van der Waals surface area contributed by atoms with E-state index in [1.165, 1.54) is 5.56 Å². The van der Waals surface area contributed by atoms with Crippen molar-refractivity contribution in [1.29, 1.82) is 0 Å². The third-order valence-electron chi connectivity index (χ3n) is 4.85. The fraction of sp³-hybridized carbons (Fsp3) is 0.650. The zero-order valence-corrected chi connectivity index (χ0v) is 15.5. The van der Waals surface area contributed by atoms with Gasteiger partial charge in [0.1, 0.15) is 5.60 Å². The van der Waals surface area contributed by atoms with Gasteiger partial charge >= 0.3 is 6.09 Å². The number of alkyl carbamates (subject to hydrolysis) is 1. The van der Waals surface area contributed by atoms with Crippen LogP contribution in [0.15, 0.2) is 24.3 Å². The zero-order valence-electron chi connectivity index (χ0n) is 15.5. The molecule has 0 atom stereocenters. The lowest BCUT2D eigenvalue weighted by molar-refractivity contribution is -0.178. The molecule has 1 aromatic rings. The molecule has 25 heavy (non-hydrogen) atoms. The summed E-state index contributed by atoms with van der Waals surface area (Å²) in [6.07, 6.45) is 3.75. The van der Waals surface area contributed by atoms with Crippen LogP contribution in [0.1, 0.15) is 63.5 Å². The fourth-order valence-electron chi connectivity index (χ4n) is 3.57. The van der Waals surface area contributed by atoms with Gasteiger partial charge in [-0.25, -0.2) is 4.79 Å². The lowest BCUT2D eigenvalue weighted by atomic mass is 9.81. The summed E-state index contributed by atoms with van der Waals surface area (Å²) >= 11 is 0. The molecule has 1 aliphatic carbocycles. The minimum atomic E-state index is -0.473. The molecule has 0 radical (unpaired) electrons. The lowest BCUT2D eigenvalue weighted by Gasteiger charge is -2.35. The summed E-state index contributed by atoms with van der Waals surface area (Å²) in [4.78, 5) is 11.7. The van der Waals surface area contributed by atoms with Gasteiger partial charge in [-0.2, -0.15) is 0 Å². The van der Waals surface area contributed by atoms with Crippen LogP contribution in [0.5, 0.6) is 0 Å². The Morgan fingerprint density at radius 2 is 1.76 bits per heavy atom. The molecule has 5 nitrogen and oxygen atoms in total. The predicted octanol–water partition coefficient (Wildman–Crippen LogP) is 4.11. The third kappa shape index (κ3) is 4.95. The van der Waals surface area contributed by atoms with Crippen LogP contribution in [0.4, 0.5) is 4.79 Å². The van der Waals surface area contributed by atoms with E-state index < -0.39 is 5.60 Å². The monoisotopic (exact) mass is 347 g/mol. The van der Waals surface area contributed by atoms with Crippen molar-refractivity contribution >= 4 is 6.09 Å². The van der Waals surface area contributed by atoms with E-state index in [0.29, 0.717) is 12.5 Å². The Hall–Kier alpha value is -1.59. The van der Waals surface area contributed by atoms with Gasteiger partial charge in [-0.1, -0.05) is 24.3 Å². The Balaban J connectivity index is 1.48. The van der Waals surface area contributed by atoms with Crippen LogP contribution in [-0.2, 0) is 20.8 Å². The molecule has 3 rings (SSSR count). The summed E-state index contributed by atoms with van der Waals surface area (Å²) in [6.45, 7) is 7.50. The van der Waals surface area contributed by atoms with Crippen LogP contribution in [-0.4, -0.2) is 30.7 Å². The lowest BCUT2D eigenvalue weighted by Crippen LogP contribution is -2.34. The minimum absolute atomic E-state index is 0.298. The second kappa shape index (κ2) is 7.34. The van der Waals surface area contributed by atoms with Crippen LogP contribution in [0, 0.1) is 0 Å². The number of ether oxygens (including phenoxy) is 3. The van der Waals surface area contributed by atoms with Gasteiger partial charge in [-0.15, -0.1) is 0 Å². The summed E-state index contributed by atoms with van der Waals surface area (Å²) in [5.74, 6) is 0.264. The maximum Gasteiger partial charge on any atom is 0.407 e. The maximum atomic E-state index is 11.7. The molecule has 1 heterocycles. The highest BCUT2D eigenvalue weighted by Gasteiger charge is 2.40. The van der Waals surface area contributed by atoms with E-state index in [1.807, 2.05) is 20.8 Å². The molecule has 5 heteroatoms.